The van der Waals surface area contributed by atoms with Gasteiger partial charge in [-0.1, -0.05) is 57.2 Å². The number of furan rings is 1. The van der Waals surface area contributed by atoms with Gasteiger partial charge >= 0.3 is 0 Å². The molecule has 0 unspecified atom stereocenters. The molecule has 144 valence electrons. The number of hydrogen-bond acceptors (Lipinski definition) is 1. The molecule has 1 aromatic heterocycles. The van der Waals surface area contributed by atoms with E-state index >= 15 is 0 Å². The van der Waals surface area contributed by atoms with Crippen LogP contribution in [0.25, 0.3) is 44.2 Å². The van der Waals surface area contributed by atoms with E-state index in [1.54, 1.807) is 0 Å². The van der Waals surface area contributed by atoms with E-state index in [-0.39, 0.29) is 0 Å². The molecule has 0 aliphatic carbocycles. The normalized spacial score (nSPS) is 11.4. The fourth-order valence-corrected chi connectivity index (χ4v) is 5.05. The fourth-order valence-electron chi connectivity index (χ4n) is 4.79. The molecule has 0 aliphatic heterocycles. The molecule has 31 heavy (non-hydrogen) atoms. The summed E-state index contributed by atoms with van der Waals surface area (Å²) in [5.74, 6) is 0. The van der Waals surface area contributed by atoms with Gasteiger partial charge < -0.3 is 4.42 Å². The number of benzene rings is 4. The second-order valence-electron chi connectivity index (χ2n) is 8.50. The SMILES string of the molecule is Bc1c(B)c(B)c(-c2cc(-c3ccc(Br)cc3)c3c(c2)oc2ccccc23)c(B)c1B. The highest BCUT2D eigenvalue weighted by Gasteiger charge is 2.18. The molecule has 0 atom stereocenters. The van der Waals surface area contributed by atoms with E-state index in [1.165, 1.54) is 55.0 Å². The van der Waals surface area contributed by atoms with Gasteiger partial charge in [-0.2, -0.15) is 0 Å². The van der Waals surface area contributed by atoms with Gasteiger partial charge in [-0.15, -0.1) is 16.4 Å². The van der Waals surface area contributed by atoms with Gasteiger partial charge in [0.2, 0.25) is 0 Å². The van der Waals surface area contributed by atoms with Crippen molar-refractivity contribution in [1.82, 2.24) is 0 Å². The number of halogens is 1. The minimum Gasteiger partial charge on any atom is -0.456 e. The molecule has 0 radical (unpaired) electrons. The average Bonchev–Trinajstić information content (AvgIpc) is 3.15. The maximum atomic E-state index is 6.36. The second-order valence-corrected chi connectivity index (χ2v) is 9.42. The Balaban J connectivity index is 1.91. The van der Waals surface area contributed by atoms with Crippen LogP contribution < -0.4 is 27.3 Å². The zero-order valence-electron chi connectivity index (χ0n) is 18.6. The van der Waals surface area contributed by atoms with Crippen molar-refractivity contribution in [2.75, 3.05) is 0 Å². The molecule has 5 rings (SSSR count). The highest BCUT2D eigenvalue weighted by atomic mass is 79.9. The summed E-state index contributed by atoms with van der Waals surface area (Å²) in [6.45, 7) is 0. The van der Waals surface area contributed by atoms with E-state index in [9.17, 15) is 0 Å². The summed E-state index contributed by atoms with van der Waals surface area (Å²) in [7, 11) is 11.2. The number of para-hydroxylation sites is 1. The van der Waals surface area contributed by atoms with Crippen molar-refractivity contribution in [3.05, 3.63) is 65.1 Å². The summed E-state index contributed by atoms with van der Waals surface area (Å²) in [5.41, 5.74) is 13.6. The molecule has 0 aliphatic rings. The smallest absolute Gasteiger partial charge is 0.139 e. The molecule has 5 aromatic rings. The Hall–Kier alpha value is -2.52. The van der Waals surface area contributed by atoms with E-state index in [1.807, 2.05) is 6.07 Å². The van der Waals surface area contributed by atoms with E-state index in [0.29, 0.717) is 0 Å². The standard InChI is InChI=1S/C24H20B5BrO/c25-20-18(21(26)23(28)24(29)22(20)27)12-9-15(11-5-7-13(30)8-6-11)19-14-3-1-2-4-16(14)31-17(19)10-12/h1-10H,25-29H2. The highest BCUT2D eigenvalue weighted by molar-refractivity contribution is 9.10. The first-order valence-electron chi connectivity index (χ1n) is 10.7. The van der Waals surface area contributed by atoms with Crippen molar-refractivity contribution in [3.63, 3.8) is 0 Å². The van der Waals surface area contributed by atoms with Crippen LogP contribution in [-0.4, -0.2) is 39.2 Å². The predicted octanol–water partition coefficient (Wildman–Crippen LogP) is -1.03. The lowest BCUT2D eigenvalue weighted by Gasteiger charge is -2.21. The van der Waals surface area contributed by atoms with Crippen LogP contribution in [0.3, 0.4) is 0 Å². The molecule has 4 aromatic carbocycles. The molecule has 0 N–H and O–H groups in total. The van der Waals surface area contributed by atoms with Crippen LogP contribution in [0.1, 0.15) is 0 Å². The number of rotatable bonds is 2. The Bertz CT molecular complexity index is 1460. The largest absolute Gasteiger partial charge is 0.456 e. The van der Waals surface area contributed by atoms with Gasteiger partial charge in [0.25, 0.3) is 0 Å². The third-order valence-corrected chi connectivity index (χ3v) is 7.45. The maximum absolute atomic E-state index is 6.36. The third-order valence-electron chi connectivity index (χ3n) is 6.92. The van der Waals surface area contributed by atoms with Crippen molar-refractivity contribution >= 4 is 104 Å². The van der Waals surface area contributed by atoms with E-state index in [4.69, 9.17) is 4.42 Å². The Morgan fingerprint density at radius 2 is 1.23 bits per heavy atom. The molecule has 1 heterocycles. The van der Waals surface area contributed by atoms with Gasteiger partial charge in [-0.25, -0.2) is 0 Å². The molecule has 0 amide bonds. The van der Waals surface area contributed by atoms with Gasteiger partial charge in [0.05, 0.1) is 0 Å². The van der Waals surface area contributed by atoms with Gasteiger partial charge in [-0.3, -0.25) is 0 Å². The Labute approximate surface area is 195 Å². The van der Waals surface area contributed by atoms with Crippen LogP contribution in [-0.2, 0) is 0 Å². The monoisotopic (exact) mass is 458 g/mol. The zero-order chi connectivity index (χ0) is 21.9. The van der Waals surface area contributed by atoms with Crippen LogP contribution in [0.2, 0.25) is 0 Å². The van der Waals surface area contributed by atoms with Crippen LogP contribution in [0.15, 0.2) is 69.6 Å². The van der Waals surface area contributed by atoms with Crippen molar-refractivity contribution < 1.29 is 4.42 Å². The maximum Gasteiger partial charge on any atom is 0.139 e. The molecular weight excluding hydrogens is 438 g/mol. The number of fused-ring (bicyclic) bond motifs is 3. The van der Waals surface area contributed by atoms with Gasteiger partial charge in [0.15, 0.2) is 0 Å². The van der Waals surface area contributed by atoms with E-state index < -0.39 is 0 Å². The first kappa shape index (κ1) is 20.4. The van der Waals surface area contributed by atoms with Crippen LogP contribution >= 0.6 is 15.9 Å². The van der Waals surface area contributed by atoms with Gasteiger partial charge in [0, 0.05) is 15.2 Å². The summed E-state index contributed by atoms with van der Waals surface area (Å²) in [6, 6.07) is 21.4. The Morgan fingerprint density at radius 1 is 0.613 bits per heavy atom. The highest BCUT2D eigenvalue weighted by Crippen LogP contribution is 2.39. The van der Waals surface area contributed by atoms with Crippen molar-refractivity contribution in [3.8, 4) is 22.3 Å². The number of hydrogen-bond donors (Lipinski definition) is 0. The molecule has 0 spiro atoms. The van der Waals surface area contributed by atoms with Crippen LogP contribution in [0, 0.1) is 0 Å². The lowest BCUT2D eigenvalue weighted by Crippen LogP contribution is -2.55. The van der Waals surface area contributed by atoms with Gasteiger partial charge in [0.1, 0.15) is 50.4 Å². The quantitative estimate of drug-likeness (QED) is 0.309. The van der Waals surface area contributed by atoms with Crippen molar-refractivity contribution in [2.45, 2.75) is 0 Å². The Morgan fingerprint density at radius 3 is 1.90 bits per heavy atom. The van der Waals surface area contributed by atoms with Crippen LogP contribution in [0.4, 0.5) is 0 Å². The van der Waals surface area contributed by atoms with Crippen LogP contribution in [0.5, 0.6) is 0 Å². The lowest BCUT2D eigenvalue weighted by molar-refractivity contribution is 0.669. The average molecular weight is 458 g/mol. The first-order valence-corrected chi connectivity index (χ1v) is 11.4. The summed E-state index contributed by atoms with van der Waals surface area (Å²) < 4.78 is 7.44. The van der Waals surface area contributed by atoms with Crippen molar-refractivity contribution in [1.29, 1.82) is 0 Å². The van der Waals surface area contributed by atoms with E-state index in [2.05, 4.69) is 110 Å². The predicted molar refractivity (Wildman–Crippen MR) is 153 cm³/mol. The Kier molecular flexibility index (Phi) is 4.98. The molecule has 1 nitrogen and oxygen atoms in total. The molecule has 0 fully saturated rings. The first-order chi connectivity index (χ1) is 14.9. The zero-order valence-corrected chi connectivity index (χ0v) is 20.1. The fraction of sp³-hybridized carbons (Fsp3) is 0. The minimum absolute atomic E-state index is 0.928. The minimum atomic E-state index is 0.928. The van der Waals surface area contributed by atoms with Crippen molar-refractivity contribution in [2.24, 2.45) is 0 Å². The molecule has 0 bridgehead atoms. The third kappa shape index (κ3) is 3.22. The summed E-state index contributed by atoms with van der Waals surface area (Å²) in [4.78, 5) is 0. The topological polar surface area (TPSA) is 13.1 Å². The molecular formula is C24H20B5BrO. The lowest BCUT2D eigenvalue weighted by atomic mass is 9.59. The summed E-state index contributed by atoms with van der Waals surface area (Å²) in [5, 5.41) is 2.34. The second kappa shape index (κ2) is 7.56. The van der Waals surface area contributed by atoms with Gasteiger partial charge in [-0.05, 0) is 52.6 Å². The molecule has 7 heteroatoms. The molecule has 0 saturated heterocycles. The molecule has 0 saturated carbocycles. The van der Waals surface area contributed by atoms with E-state index in [0.717, 1.165) is 21.0 Å². The summed E-state index contributed by atoms with van der Waals surface area (Å²) in [6.07, 6.45) is 0. The summed E-state index contributed by atoms with van der Waals surface area (Å²) >= 11 is 3.57.